The molecule has 3 heterocycles. The lowest BCUT2D eigenvalue weighted by Crippen LogP contribution is -2.19. The number of hydrogen-bond donors (Lipinski definition) is 0. The summed E-state index contributed by atoms with van der Waals surface area (Å²) in [5, 5.41) is 5.33. The molecule has 0 saturated heterocycles. The quantitative estimate of drug-likeness (QED) is 0.474. The average Bonchev–Trinajstić information content (AvgIpc) is 3.01. The van der Waals surface area contributed by atoms with Gasteiger partial charge in [0.15, 0.2) is 5.65 Å². The molecule has 0 aliphatic heterocycles. The summed E-state index contributed by atoms with van der Waals surface area (Å²) in [4.78, 5) is 29.6. The predicted molar refractivity (Wildman–Crippen MR) is 107 cm³/mol. The highest BCUT2D eigenvalue weighted by Gasteiger charge is 2.21. The van der Waals surface area contributed by atoms with Crippen LogP contribution in [-0.2, 0) is 4.74 Å². The van der Waals surface area contributed by atoms with Gasteiger partial charge in [0.25, 0.3) is 5.56 Å². The topological polar surface area (TPSA) is 78.5 Å². The van der Waals surface area contributed by atoms with Crippen LogP contribution in [-0.4, -0.2) is 31.7 Å². The number of esters is 1. The number of benzene rings is 1. The Hall–Kier alpha value is -2.90. The monoisotopic (exact) mass is 416 g/mol. The first-order valence-corrected chi connectivity index (χ1v) is 9.20. The number of hydrogen-bond acceptors (Lipinski definition) is 5. The molecule has 7 nitrogen and oxygen atoms in total. The van der Waals surface area contributed by atoms with E-state index in [0.29, 0.717) is 33.0 Å². The van der Waals surface area contributed by atoms with Crippen LogP contribution in [0.2, 0.25) is 10.0 Å². The number of carbonyl (C=O) groups excluding carboxylic acids is 1. The zero-order valence-electron chi connectivity index (χ0n) is 14.9. The lowest BCUT2D eigenvalue weighted by Gasteiger charge is -2.10. The summed E-state index contributed by atoms with van der Waals surface area (Å²) < 4.78 is 7.96. The van der Waals surface area contributed by atoms with E-state index in [-0.39, 0.29) is 22.8 Å². The number of fused-ring (bicyclic) bond motifs is 3. The zero-order valence-corrected chi connectivity index (χ0v) is 16.5. The number of ether oxygens (including phenoxy) is 1. The molecule has 0 saturated carbocycles. The Morgan fingerprint density at radius 2 is 2.04 bits per heavy atom. The van der Waals surface area contributed by atoms with Crippen molar-refractivity contribution >= 4 is 45.7 Å². The molecule has 0 radical (unpaired) electrons. The third kappa shape index (κ3) is 2.75. The van der Waals surface area contributed by atoms with E-state index in [0.717, 1.165) is 0 Å². The number of aromatic nitrogens is 4. The minimum atomic E-state index is -0.499. The largest absolute Gasteiger partial charge is 0.462 e. The fourth-order valence-corrected chi connectivity index (χ4v) is 3.47. The average molecular weight is 417 g/mol. The lowest BCUT2D eigenvalue weighted by atomic mass is 10.2. The van der Waals surface area contributed by atoms with Crippen molar-refractivity contribution in [2.75, 3.05) is 6.61 Å². The van der Waals surface area contributed by atoms with Gasteiger partial charge in [-0.15, -0.1) is 0 Å². The van der Waals surface area contributed by atoms with Gasteiger partial charge in [-0.2, -0.15) is 5.10 Å². The molecule has 3 aromatic heterocycles. The van der Waals surface area contributed by atoms with Crippen molar-refractivity contribution in [3.8, 4) is 5.69 Å². The molecule has 0 N–H and O–H groups in total. The third-order valence-electron chi connectivity index (χ3n) is 4.36. The maximum absolute atomic E-state index is 13.1. The van der Waals surface area contributed by atoms with Crippen molar-refractivity contribution in [3.05, 3.63) is 68.3 Å². The molecular formula is C19H14Cl2N4O3. The van der Waals surface area contributed by atoms with Gasteiger partial charge in [0.05, 0.1) is 38.9 Å². The maximum atomic E-state index is 13.1. The minimum absolute atomic E-state index is 0.244. The van der Waals surface area contributed by atoms with Crippen molar-refractivity contribution in [2.45, 2.75) is 13.8 Å². The molecule has 0 fully saturated rings. The van der Waals surface area contributed by atoms with Crippen LogP contribution in [0, 0.1) is 6.92 Å². The number of halogens is 2. The molecule has 9 heteroatoms. The number of carbonyl (C=O) groups is 1. The fraction of sp³-hybridized carbons (Fsp3) is 0.158. The van der Waals surface area contributed by atoms with Crippen molar-refractivity contribution < 1.29 is 9.53 Å². The van der Waals surface area contributed by atoms with Gasteiger partial charge in [-0.1, -0.05) is 29.3 Å². The van der Waals surface area contributed by atoms with Gasteiger partial charge >= 0.3 is 5.97 Å². The Morgan fingerprint density at radius 1 is 1.25 bits per heavy atom. The van der Waals surface area contributed by atoms with E-state index in [1.54, 1.807) is 44.3 Å². The molecule has 0 spiro atoms. The first-order chi connectivity index (χ1) is 13.4. The van der Waals surface area contributed by atoms with Crippen LogP contribution in [0.25, 0.3) is 22.2 Å². The molecule has 142 valence electrons. The van der Waals surface area contributed by atoms with Crippen LogP contribution in [0.3, 0.4) is 0 Å². The van der Waals surface area contributed by atoms with Crippen molar-refractivity contribution in [3.63, 3.8) is 0 Å². The van der Waals surface area contributed by atoms with Gasteiger partial charge in [0.1, 0.15) is 5.56 Å². The van der Waals surface area contributed by atoms with E-state index in [1.165, 1.54) is 15.3 Å². The summed E-state index contributed by atoms with van der Waals surface area (Å²) in [6.07, 6.45) is 3.01. The standard InChI is InChI=1S/C19H14Cl2N4O3/c1-3-28-19(27)15-10(2)23-25-13-7-8-24(14-6-4-5-12(20)16(14)21)18(26)11(13)9-22-17(15)25/h4-9H,3H2,1-2H3. The second-order valence-corrected chi connectivity index (χ2v) is 6.82. The highest BCUT2D eigenvalue weighted by atomic mass is 35.5. The van der Waals surface area contributed by atoms with Crippen LogP contribution in [0.1, 0.15) is 23.0 Å². The molecule has 4 rings (SSSR count). The summed E-state index contributed by atoms with van der Waals surface area (Å²) in [5.74, 6) is -0.499. The van der Waals surface area contributed by atoms with Crippen LogP contribution in [0.15, 0.2) is 41.5 Å². The second-order valence-electron chi connectivity index (χ2n) is 6.04. The molecule has 0 aliphatic rings. The molecule has 0 amide bonds. The zero-order chi connectivity index (χ0) is 20.0. The highest BCUT2D eigenvalue weighted by molar-refractivity contribution is 6.43. The first-order valence-electron chi connectivity index (χ1n) is 8.45. The van der Waals surface area contributed by atoms with Crippen molar-refractivity contribution in [1.29, 1.82) is 0 Å². The molecule has 0 aliphatic carbocycles. The number of nitrogens with zero attached hydrogens (tertiary/aromatic N) is 4. The van der Waals surface area contributed by atoms with E-state index >= 15 is 0 Å². The van der Waals surface area contributed by atoms with Gasteiger partial charge in [-0.25, -0.2) is 14.3 Å². The molecule has 4 aromatic rings. The summed E-state index contributed by atoms with van der Waals surface area (Å²) in [6, 6.07) is 6.77. The Bertz CT molecular complexity index is 1310. The summed E-state index contributed by atoms with van der Waals surface area (Å²) in [7, 11) is 0. The van der Waals surface area contributed by atoms with Crippen LogP contribution in [0.5, 0.6) is 0 Å². The van der Waals surface area contributed by atoms with Gasteiger partial charge in [0, 0.05) is 12.4 Å². The number of aryl methyl sites for hydroxylation is 1. The normalized spacial score (nSPS) is 11.3. The molecular weight excluding hydrogens is 403 g/mol. The predicted octanol–water partition coefficient (Wildman–Crippen LogP) is 3.83. The van der Waals surface area contributed by atoms with Crippen molar-refractivity contribution in [1.82, 2.24) is 19.2 Å². The van der Waals surface area contributed by atoms with Crippen LogP contribution >= 0.6 is 23.2 Å². The smallest absolute Gasteiger partial charge is 0.343 e. The summed E-state index contributed by atoms with van der Waals surface area (Å²) in [5.41, 5.74) is 1.74. The molecule has 0 atom stereocenters. The van der Waals surface area contributed by atoms with Gasteiger partial charge in [-0.05, 0) is 32.0 Å². The SMILES string of the molecule is CCOC(=O)c1c(C)nn2c1ncc1c(=O)n(-c3cccc(Cl)c3Cl)ccc12. The Labute approximate surface area is 169 Å². The van der Waals surface area contributed by atoms with Crippen LogP contribution in [0.4, 0.5) is 0 Å². The highest BCUT2D eigenvalue weighted by Crippen LogP contribution is 2.28. The molecule has 0 unspecified atom stereocenters. The third-order valence-corrected chi connectivity index (χ3v) is 5.17. The lowest BCUT2D eigenvalue weighted by molar-refractivity contribution is 0.0527. The van der Waals surface area contributed by atoms with E-state index in [4.69, 9.17) is 27.9 Å². The van der Waals surface area contributed by atoms with Crippen LogP contribution < -0.4 is 5.56 Å². The Balaban J connectivity index is 1.99. The second kappa shape index (κ2) is 6.92. The van der Waals surface area contributed by atoms with Gasteiger partial charge in [0.2, 0.25) is 0 Å². The summed E-state index contributed by atoms with van der Waals surface area (Å²) >= 11 is 12.3. The number of rotatable bonds is 3. The minimum Gasteiger partial charge on any atom is -0.462 e. The Morgan fingerprint density at radius 3 is 2.79 bits per heavy atom. The van der Waals surface area contributed by atoms with Gasteiger partial charge in [-0.3, -0.25) is 9.36 Å². The summed E-state index contributed by atoms with van der Waals surface area (Å²) in [6.45, 7) is 3.67. The van der Waals surface area contributed by atoms with Crippen molar-refractivity contribution in [2.24, 2.45) is 0 Å². The number of pyridine rings is 1. The fourth-order valence-electron chi connectivity index (χ4n) is 3.09. The van der Waals surface area contributed by atoms with E-state index in [1.807, 2.05) is 0 Å². The van der Waals surface area contributed by atoms with Gasteiger partial charge < -0.3 is 4.74 Å². The Kier molecular flexibility index (Phi) is 4.56. The molecule has 0 bridgehead atoms. The maximum Gasteiger partial charge on any atom is 0.343 e. The van der Waals surface area contributed by atoms with E-state index in [2.05, 4.69) is 10.1 Å². The molecule has 28 heavy (non-hydrogen) atoms. The molecule has 1 aromatic carbocycles. The van der Waals surface area contributed by atoms with E-state index in [9.17, 15) is 9.59 Å². The van der Waals surface area contributed by atoms with E-state index < -0.39 is 5.97 Å². The first kappa shape index (κ1) is 18.5.